The molecule has 0 amide bonds. The average molecular weight is 214 g/mol. The van der Waals surface area contributed by atoms with Crippen molar-refractivity contribution in [1.29, 1.82) is 0 Å². The van der Waals surface area contributed by atoms with E-state index in [4.69, 9.17) is 4.74 Å². The normalized spacial score (nSPS) is 18.6. The Hall–Kier alpha value is -0.120. The van der Waals surface area contributed by atoms with Crippen LogP contribution < -0.4 is 10.6 Å². The Labute approximate surface area is 94.0 Å². The maximum Gasteiger partial charge on any atom is 0.0591 e. The van der Waals surface area contributed by atoms with Crippen molar-refractivity contribution in [3.05, 3.63) is 0 Å². The second-order valence-corrected chi connectivity index (χ2v) is 4.77. The summed E-state index contributed by atoms with van der Waals surface area (Å²) < 4.78 is 5.56. The zero-order valence-corrected chi connectivity index (χ0v) is 10.2. The summed E-state index contributed by atoms with van der Waals surface area (Å²) in [4.78, 5) is 0. The third-order valence-electron chi connectivity index (χ3n) is 2.86. The molecule has 0 spiro atoms. The van der Waals surface area contributed by atoms with Crippen molar-refractivity contribution in [1.82, 2.24) is 10.6 Å². The molecule has 1 aliphatic rings. The van der Waals surface area contributed by atoms with Crippen LogP contribution in [0.1, 0.15) is 33.1 Å². The van der Waals surface area contributed by atoms with Crippen LogP contribution in [-0.4, -0.2) is 38.9 Å². The van der Waals surface area contributed by atoms with E-state index in [1.807, 2.05) is 0 Å². The minimum Gasteiger partial charge on any atom is -0.380 e. The molecule has 1 rings (SSSR count). The van der Waals surface area contributed by atoms with Crippen molar-refractivity contribution >= 4 is 0 Å². The second kappa shape index (κ2) is 8.08. The van der Waals surface area contributed by atoms with Gasteiger partial charge in [0.15, 0.2) is 0 Å². The van der Waals surface area contributed by atoms with Crippen molar-refractivity contribution in [2.45, 2.75) is 39.2 Å². The van der Waals surface area contributed by atoms with Gasteiger partial charge in [0.1, 0.15) is 0 Å². The molecule has 90 valence electrons. The Kier molecular flexibility index (Phi) is 6.98. The number of rotatable bonds is 7. The highest BCUT2D eigenvalue weighted by molar-refractivity contribution is 4.73. The molecule has 1 fully saturated rings. The molecule has 1 saturated heterocycles. The molecule has 0 aromatic heterocycles. The van der Waals surface area contributed by atoms with Crippen LogP contribution in [0.5, 0.6) is 0 Å². The van der Waals surface area contributed by atoms with Gasteiger partial charge in [-0.25, -0.2) is 0 Å². The lowest BCUT2D eigenvalue weighted by molar-refractivity contribution is 0.122. The van der Waals surface area contributed by atoms with Crippen molar-refractivity contribution in [2.24, 2.45) is 5.92 Å². The Balaban J connectivity index is 1.83. The van der Waals surface area contributed by atoms with Crippen molar-refractivity contribution in [3.63, 3.8) is 0 Å². The first kappa shape index (κ1) is 12.9. The molecule has 2 N–H and O–H groups in total. The Morgan fingerprint density at radius 3 is 2.67 bits per heavy atom. The summed E-state index contributed by atoms with van der Waals surface area (Å²) in [6.07, 6.45) is 3.69. The van der Waals surface area contributed by atoms with E-state index in [0.717, 1.165) is 38.8 Å². The van der Waals surface area contributed by atoms with E-state index in [0.29, 0.717) is 6.04 Å². The molecule has 0 aliphatic carbocycles. The summed E-state index contributed by atoms with van der Waals surface area (Å²) in [6.45, 7) is 9.55. The molecule has 1 heterocycles. The molecule has 3 heteroatoms. The summed E-state index contributed by atoms with van der Waals surface area (Å²) in [7, 11) is 0. The van der Waals surface area contributed by atoms with E-state index in [2.05, 4.69) is 24.5 Å². The van der Waals surface area contributed by atoms with Gasteiger partial charge in [0.2, 0.25) is 0 Å². The lowest BCUT2D eigenvalue weighted by atomic mass is 10.1. The second-order valence-electron chi connectivity index (χ2n) is 4.77. The molecular weight excluding hydrogens is 188 g/mol. The molecule has 0 bridgehead atoms. The highest BCUT2D eigenvalue weighted by Gasteiger charge is 2.10. The van der Waals surface area contributed by atoms with Crippen LogP contribution in [-0.2, 0) is 4.74 Å². The van der Waals surface area contributed by atoms with E-state index < -0.39 is 0 Å². The maximum absolute atomic E-state index is 5.56. The molecule has 15 heavy (non-hydrogen) atoms. The largest absolute Gasteiger partial charge is 0.380 e. The van der Waals surface area contributed by atoms with E-state index in [1.165, 1.54) is 19.3 Å². The van der Waals surface area contributed by atoms with E-state index >= 15 is 0 Å². The number of hydrogen-bond acceptors (Lipinski definition) is 3. The van der Waals surface area contributed by atoms with Gasteiger partial charge in [0.05, 0.1) is 6.61 Å². The van der Waals surface area contributed by atoms with Gasteiger partial charge in [0.25, 0.3) is 0 Å². The molecule has 0 saturated carbocycles. The van der Waals surface area contributed by atoms with Crippen LogP contribution in [0.3, 0.4) is 0 Å². The first-order chi connectivity index (χ1) is 7.29. The van der Waals surface area contributed by atoms with E-state index in [1.54, 1.807) is 0 Å². The highest BCUT2D eigenvalue weighted by Crippen LogP contribution is 2.01. The van der Waals surface area contributed by atoms with Gasteiger partial charge >= 0.3 is 0 Å². The highest BCUT2D eigenvalue weighted by atomic mass is 16.5. The van der Waals surface area contributed by atoms with Gasteiger partial charge < -0.3 is 15.4 Å². The molecule has 0 unspecified atom stereocenters. The van der Waals surface area contributed by atoms with Gasteiger partial charge in [-0.1, -0.05) is 13.8 Å². The number of ether oxygens (including phenoxy) is 1. The summed E-state index contributed by atoms with van der Waals surface area (Å²) >= 11 is 0. The molecule has 0 aromatic rings. The van der Waals surface area contributed by atoms with Gasteiger partial charge in [-0.05, 0) is 38.3 Å². The lowest BCUT2D eigenvalue weighted by Crippen LogP contribution is -2.41. The van der Waals surface area contributed by atoms with Gasteiger partial charge in [-0.3, -0.25) is 0 Å². The fourth-order valence-corrected chi connectivity index (χ4v) is 1.78. The molecular formula is C12H26N2O. The SMILES string of the molecule is CC(C)CCOCCNC1CCNCC1. The van der Waals surface area contributed by atoms with Crippen LogP contribution in [0.4, 0.5) is 0 Å². The van der Waals surface area contributed by atoms with E-state index in [9.17, 15) is 0 Å². The zero-order valence-electron chi connectivity index (χ0n) is 10.2. The quantitative estimate of drug-likeness (QED) is 0.628. The minimum atomic E-state index is 0.708. The minimum absolute atomic E-state index is 0.708. The molecule has 0 radical (unpaired) electrons. The number of nitrogens with one attached hydrogen (secondary N) is 2. The first-order valence-electron chi connectivity index (χ1n) is 6.31. The fraction of sp³-hybridized carbons (Fsp3) is 1.00. The third-order valence-corrected chi connectivity index (χ3v) is 2.86. The van der Waals surface area contributed by atoms with Crippen LogP contribution in [0.2, 0.25) is 0 Å². The molecule has 0 atom stereocenters. The Bertz CT molecular complexity index is 145. The maximum atomic E-state index is 5.56. The summed E-state index contributed by atoms with van der Waals surface area (Å²) in [5.74, 6) is 0.752. The summed E-state index contributed by atoms with van der Waals surface area (Å²) in [5, 5.41) is 6.91. The van der Waals surface area contributed by atoms with Crippen molar-refractivity contribution in [2.75, 3.05) is 32.8 Å². The van der Waals surface area contributed by atoms with Crippen molar-refractivity contribution < 1.29 is 4.74 Å². The first-order valence-corrected chi connectivity index (χ1v) is 6.31. The van der Waals surface area contributed by atoms with E-state index in [-0.39, 0.29) is 0 Å². The standard InChI is InChI=1S/C12H26N2O/c1-11(2)5-9-15-10-8-14-12-3-6-13-7-4-12/h11-14H,3-10H2,1-2H3. The van der Waals surface area contributed by atoms with Crippen LogP contribution >= 0.6 is 0 Å². The average Bonchev–Trinajstić information content (AvgIpc) is 2.24. The molecule has 1 aliphatic heterocycles. The van der Waals surface area contributed by atoms with Gasteiger partial charge in [-0.2, -0.15) is 0 Å². The third kappa shape index (κ3) is 6.88. The lowest BCUT2D eigenvalue weighted by Gasteiger charge is -2.23. The van der Waals surface area contributed by atoms with Crippen LogP contribution in [0.15, 0.2) is 0 Å². The van der Waals surface area contributed by atoms with Crippen LogP contribution in [0, 0.1) is 5.92 Å². The number of hydrogen-bond donors (Lipinski definition) is 2. The summed E-state index contributed by atoms with van der Waals surface area (Å²) in [6, 6.07) is 0.708. The Morgan fingerprint density at radius 1 is 1.27 bits per heavy atom. The Morgan fingerprint density at radius 2 is 2.00 bits per heavy atom. The molecule has 3 nitrogen and oxygen atoms in total. The summed E-state index contributed by atoms with van der Waals surface area (Å²) in [5.41, 5.74) is 0. The predicted molar refractivity (Wildman–Crippen MR) is 64.2 cm³/mol. The smallest absolute Gasteiger partial charge is 0.0591 e. The molecule has 0 aromatic carbocycles. The predicted octanol–water partition coefficient (Wildman–Crippen LogP) is 1.39. The van der Waals surface area contributed by atoms with Gasteiger partial charge in [0, 0.05) is 19.2 Å². The van der Waals surface area contributed by atoms with Crippen molar-refractivity contribution in [3.8, 4) is 0 Å². The van der Waals surface area contributed by atoms with Gasteiger partial charge in [-0.15, -0.1) is 0 Å². The monoisotopic (exact) mass is 214 g/mol. The number of piperidine rings is 1. The van der Waals surface area contributed by atoms with Crippen LogP contribution in [0.25, 0.3) is 0 Å². The topological polar surface area (TPSA) is 33.3 Å². The zero-order chi connectivity index (χ0) is 10.9. The fourth-order valence-electron chi connectivity index (χ4n) is 1.78.